The lowest BCUT2D eigenvalue weighted by Crippen LogP contribution is -2.01. The molecule has 0 aliphatic heterocycles. The molecule has 3 aromatic heterocycles. The van der Waals surface area contributed by atoms with Crippen LogP contribution < -0.4 is 0 Å². The van der Waals surface area contributed by atoms with E-state index in [0.29, 0.717) is 0 Å². The number of aromatic nitrogens is 4. The lowest BCUT2D eigenvalue weighted by Gasteiger charge is -2.09. The van der Waals surface area contributed by atoms with Crippen molar-refractivity contribution in [3.8, 4) is 11.3 Å². The summed E-state index contributed by atoms with van der Waals surface area (Å²) in [6.07, 6.45) is 7.26. The highest BCUT2D eigenvalue weighted by Gasteiger charge is 2.21. The summed E-state index contributed by atoms with van der Waals surface area (Å²) in [5, 5.41) is 4.62. The van der Waals surface area contributed by atoms with E-state index in [1.54, 1.807) is 0 Å². The number of hydrogen-bond donors (Lipinski definition) is 0. The first-order valence-electron chi connectivity index (χ1n) is 7.73. The van der Waals surface area contributed by atoms with Crippen LogP contribution in [0, 0.1) is 13.8 Å². The molecule has 21 heavy (non-hydrogen) atoms. The van der Waals surface area contributed by atoms with Crippen molar-refractivity contribution in [1.82, 2.24) is 19.2 Å². The average Bonchev–Trinajstić information content (AvgIpc) is 3.09. The molecule has 0 amide bonds. The molecule has 1 aliphatic carbocycles. The van der Waals surface area contributed by atoms with Crippen LogP contribution in [0.25, 0.3) is 16.2 Å². The van der Waals surface area contributed by atoms with E-state index < -0.39 is 0 Å². The van der Waals surface area contributed by atoms with Gasteiger partial charge in [-0.15, -0.1) is 11.3 Å². The Morgan fingerprint density at radius 2 is 2.05 bits per heavy atom. The first kappa shape index (κ1) is 13.1. The van der Waals surface area contributed by atoms with Gasteiger partial charge in [0.2, 0.25) is 0 Å². The molecule has 4 nitrogen and oxygen atoms in total. The number of aryl methyl sites for hydroxylation is 4. The van der Waals surface area contributed by atoms with Crippen LogP contribution in [-0.2, 0) is 19.4 Å². The maximum atomic E-state index is 4.89. The molecule has 0 N–H and O–H groups in total. The van der Waals surface area contributed by atoms with E-state index in [9.17, 15) is 0 Å². The van der Waals surface area contributed by atoms with Gasteiger partial charge in [0.15, 0.2) is 4.96 Å². The Kier molecular flexibility index (Phi) is 2.92. The van der Waals surface area contributed by atoms with E-state index in [4.69, 9.17) is 4.98 Å². The topological polar surface area (TPSA) is 35.1 Å². The highest BCUT2D eigenvalue weighted by Crippen LogP contribution is 2.33. The minimum absolute atomic E-state index is 0.907. The lowest BCUT2D eigenvalue weighted by molar-refractivity contribution is 0.634. The fourth-order valence-electron chi connectivity index (χ4n) is 3.46. The normalized spacial score (nSPS) is 14.8. The monoisotopic (exact) mass is 300 g/mol. The van der Waals surface area contributed by atoms with Crippen molar-refractivity contribution in [1.29, 1.82) is 0 Å². The highest BCUT2D eigenvalue weighted by atomic mass is 32.1. The van der Waals surface area contributed by atoms with E-state index in [1.807, 2.05) is 11.3 Å². The Bertz CT molecular complexity index is 821. The van der Waals surface area contributed by atoms with E-state index in [2.05, 4.69) is 41.1 Å². The van der Waals surface area contributed by atoms with Crippen LogP contribution in [0.5, 0.6) is 0 Å². The predicted molar refractivity (Wildman–Crippen MR) is 86.1 cm³/mol. The second kappa shape index (κ2) is 4.70. The molecule has 110 valence electrons. The van der Waals surface area contributed by atoms with Gasteiger partial charge in [-0.05, 0) is 46.5 Å². The van der Waals surface area contributed by atoms with Crippen molar-refractivity contribution in [2.24, 2.45) is 0 Å². The van der Waals surface area contributed by atoms with Crippen LogP contribution in [0.2, 0.25) is 0 Å². The van der Waals surface area contributed by atoms with Crippen LogP contribution in [0.1, 0.15) is 41.7 Å². The number of rotatable bonds is 2. The molecule has 0 unspecified atom stereocenters. The molecule has 0 radical (unpaired) electrons. The van der Waals surface area contributed by atoms with Gasteiger partial charge in [0.1, 0.15) is 0 Å². The molecule has 3 aromatic rings. The van der Waals surface area contributed by atoms with E-state index in [0.717, 1.165) is 22.9 Å². The first-order chi connectivity index (χ1) is 10.2. The SMILES string of the molecule is CCn1nc(C)c(-c2cn3c4c(sc3n2)CCCC4)c1C. The van der Waals surface area contributed by atoms with Gasteiger partial charge in [0.05, 0.1) is 11.4 Å². The lowest BCUT2D eigenvalue weighted by atomic mass is 10.0. The van der Waals surface area contributed by atoms with E-state index >= 15 is 0 Å². The standard InChI is InChI=1S/C16H20N4S/c1-4-20-11(3)15(10(2)18-20)12-9-19-13-7-5-6-8-14(13)21-16(19)17-12/h9H,4-8H2,1-3H3. The number of fused-ring (bicyclic) bond motifs is 3. The zero-order chi connectivity index (χ0) is 14.6. The van der Waals surface area contributed by atoms with Gasteiger partial charge in [-0.2, -0.15) is 5.10 Å². The Balaban J connectivity index is 1.88. The maximum Gasteiger partial charge on any atom is 0.194 e. The van der Waals surface area contributed by atoms with Crippen LogP contribution in [0.4, 0.5) is 0 Å². The third kappa shape index (κ3) is 1.87. The second-order valence-corrected chi connectivity index (χ2v) is 6.88. The highest BCUT2D eigenvalue weighted by molar-refractivity contribution is 7.17. The summed E-state index contributed by atoms with van der Waals surface area (Å²) in [6, 6.07) is 0. The molecule has 1 aliphatic rings. The quantitative estimate of drug-likeness (QED) is 0.722. The minimum atomic E-state index is 0.907. The number of nitrogens with zero attached hydrogens (tertiary/aromatic N) is 4. The molecule has 0 fully saturated rings. The molecule has 0 saturated carbocycles. The summed E-state index contributed by atoms with van der Waals surface area (Å²) in [5.41, 5.74) is 6.06. The summed E-state index contributed by atoms with van der Waals surface area (Å²) in [7, 11) is 0. The van der Waals surface area contributed by atoms with E-state index in [1.165, 1.54) is 47.5 Å². The fourth-order valence-corrected chi connectivity index (χ4v) is 4.65. The smallest absolute Gasteiger partial charge is 0.194 e. The van der Waals surface area contributed by atoms with Crippen molar-refractivity contribution in [3.63, 3.8) is 0 Å². The molecule has 3 heterocycles. The zero-order valence-electron chi connectivity index (χ0n) is 12.8. The summed E-state index contributed by atoms with van der Waals surface area (Å²) >= 11 is 1.86. The van der Waals surface area contributed by atoms with Gasteiger partial charge in [-0.3, -0.25) is 9.08 Å². The van der Waals surface area contributed by atoms with Crippen LogP contribution in [-0.4, -0.2) is 19.2 Å². The molecule has 0 aromatic carbocycles. The maximum absolute atomic E-state index is 4.89. The first-order valence-corrected chi connectivity index (χ1v) is 8.54. The third-order valence-electron chi connectivity index (χ3n) is 4.51. The number of thiazole rings is 1. The number of hydrogen-bond acceptors (Lipinski definition) is 3. The third-order valence-corrected chi connectivity index (χ3v) is 5.66. The molecule has 0 bridgehead atoms. The van der Waals surface area contributed by atoms with Crippen molar-refractivity contribution in [3.05, 3.63) is 28.2 Å². The molecule has 0 spiro atoms. The minimum Gasteiger partial charge on any atom is -0.294 e. The van der Waals surface area contributed by atoms with Gasteiger partial charge in [0, 0.05) is 34.6 Å². The largest absolute Gasteiger partial charge is 0.294 e. The summed E-state index contributed by atoms with van der Waals surface area (Å²) in [4.78, 5) is 7.56. The molecule has 0 saturated heterocycles. The predicted octanol–water partition coefficient (Wildman–Crippen LogP) is 3.77. The molecule has 5 heteroatoms. The van der Waals surface area contributed by atoms with Gasteiger partial charge >= 0.3 is 0 Å². The van der Waals surface area contributed by atoms with Gasteiger partial charge in [-0.25, -0.2) is 4.98 Å². The van der Waals surface area contributed by atoms with Gasteiger partial charge in [0.25, 0.3) is 0 Å². The number of imidazole rings is 1. The van der Waals surface area contributed by atoms with Gasteiger partial charge < -0.3 is 0 Å². The molecular formula is C16H20N4S. The van der Waals surface area contributed by atoms with Crippen LogP contribution >= 0.6 is 11.3 Å². The Labute approximate surface area is 128 Å². The average molecular weight is 300 g/mol. The van der Waals surface area contributed by atoms with Crippen molar-refractivity contribution >= 4 is 16.3 Å². The van der Waals surface area contributed by atoms with Crippen LogP contribution in [0.15, 0.2) is 6.20 Å². The summed E-state index contributed by atoms with van der Waals surface area (Å²) < 4.78 is 4.38. The molecule has 0 atom stereocenters. The second-order valence-electron chi connectivity index (χ2n) is 5.82. The van der Waals surface area contributed by atoms with Crippen molar-refractivity contribution < 1.29 is 0 Å². The molecule has 4 rings (SSSR count). The Morgan fingerprint density at radius 1 is 1.24 bits per heavy atom. The Hall–Kier alpha value is -1.62. The molecular weight excluding hydrogens is 280 g/mol. The summed E-state index contributed by atoms with van der Waals surface area (Å²) in [5.74, 6) is 0. The zero-order valence-corrected chi connectivity index (χ0v) is 13.6. The van der Waals surface area contributed by atoms with Crippen LogP contribution in [0.3, 0.4) is 0 Å². The summed E-state index contributed by atoms with van der Waals surface area (Å²) in [6.45, 7) is 7.26. The van der Waals surface area contributed by atoms with Crippen molar-refractivity contribution in [2.45, 2.75) is 53.0 Å². The van der Waals surface area contributed by atoms with E-state index in [-0.39, 0.29) is 0 Å². The van der Waals surface area contributed by atoms with Gasteiger partial charge in [-0.1, -0.05) is 0 Å². The Morgan fingerprint density at radius 3 is 2.81 bits per heavy atom. The fraction of sp³-hybridized carbons (Fsp3) is 0.500. The van der Waals surface area contributed by atoms with Crippen molar-refractivity contribution in [2.75, 3.05) is 0 Å².